The van der Waals surface area contributed by atoms with Crippen LogP contribution in [0.3, 0.4) is 0 Å². The van der Waals surface area contributed by atoms with Crippen LogP contribution in [0.1, 0.15) is 29.2 Å². The Morgan fingerprint density at radius 2 is 2.21 bits per heavy atom. The molecule has 1 aromatic heterocycles. The first-order valence-electron chi connectivity index (χ1n) is 12.4. The number of rotatable bonds is 4. The predicted octanol–water partition coefficient (Wildman–Crippen LogP) is 1.86. The molecule has 1 aromatic carbocycles. The number of nitrogens with two attached hydrogens (primary N) is 1. The van der Waals surface area contributed by atoms with E-state index in [-0.39, 0.29) is 12.1 Å². The number of aliphatic hydroxyl groups excluding tert-OH is 1. The average molecular weight is 554 g/mol. The zero-order valence-corrected chi connectivity index (χ0v) is 23.2. The van der Waals surface area contributed by atoms with Crippen LogP contribution >= 0.6 is 21.0 Å². The van der Waals surface area contributed by atoms with E-state index in [1.165, 1.54) is 18.0 Å². The third-order valence-electron chi connectivity index (χ3n) is 8.18. The van der Waals surface area contributed by atoms with Crippen molar-refractivity contribution < 1.29 is 14.2 Å². The molecule has 3 atom stereocenters. The number of nitrogens with one attached hydrogen (secondary N) is 1. The third-order valence-corrected chi connectivity index (χ3v) is 9.92. The van der Waals surface area contributed by atoms with Crippen molar-refractivity contribution in [3.05, 3.63) is 56.7 Å². The zero-order valence-electron chi connectivity index (χ0n) is 21.2. The van der Waals surface area contributed by atoms with Crippen LogP contribution in [0, 0.1) is 11.3 Å². The summed E-state index contributed by atoms with van der Waals surface area (Å²) in [5.41, 5.74) is 10.9. The molecule has 4 aliphatic heterocycles. The van der Waals surface area contributed by atoms with E-state index in [2.05, 4.69) is 30.4 Å². The topological polar surface area (TPSA) is 124 Å². The molecule has 0 bridgehead atoms. The molecule has 4 aliphatic rings. The number of dihydropyridines is 1. The highest BCUT2D eigenvalue weighted by atomic mass is 32.2. The van der Waals surface area contributed by atoms with Gasteiger partial charge >= 0.3 is 0 Å². The van der Waals surface area contributed by atoms with E-state index in [1.54, 1.807) is 0 Å². The maximum absolute atomic E-state index is 14.9. The number of hydrogen-bond donors (Lipinski definition) is 3. The SMILES string of the molecule is CN(C)C1(CO)CCN(c2ncc3c4c(c(C5NC=C(F)C6=C5C(C#N)=C(N)CS6)c(P)c3n2)COC4)C1. The van der Waals surface area contributed by atoms with Crippen LogP contribution in [-0.2, 0) is 18.0 Å². The van der Waals surface area contributed by atoms with Gasteiger partial charge in [0.05, 0.1) is 47.4 Å². The third kappa shape index (κ3) is 3.74. The molecule has 0 saturated carbocycles. The summed E-state index contributed by atoms with van der Waals surface area (Å²) in [6.45, 7) is 2.23. The van der Waals surface area contributed by atoms with Gasteiger partial charge in [-0.2, -0.15) is 5.26 Å². The van der Waals surface area contributed by atoms with Gasteiger partial charge in [0.1, 0.15) is 6.07 Å². The number of ether oxygens (including phenoxy) is 1. The van der Waals surface area contributed by atoms with E-state index >= 15 is 0 Å². The molecule has 4 N–H and O–H groups in total. The molecule has 5 heterocycles. The molecule has 0 aliphatic carbocycles. The first-order valence-corrected chi connectivity index (χ1v) is 13.9. The number of aromatic nitrogens is 2. The van der Waals surface area contributed by atoms with Gasteiger partial charge in [0.25, 0.3) is 0 Å². The van der Waals surface area contributed by atoms with Gasteiger partial charge in [-0.25, -0.2) is 14.4 Å². The maximum atomic E-state index is 14.9. The number of thioether (sulfide) groups is 1. The number of fused-ring (bicyclic) bond motifs is 3. The second-order valence-electron chi connectivity index (χ2n) is 10.3. The Bertz CT molecular complexity index is 1500. The van der Waals surface area contributed by atoms with E-state index in [9.17, 15) is 14.8 Å². The summed E-state index contributed by atoms with van der Waals surface area (Å²) in [5.74, 6) is 0.574. The van der Waals surface area contributed by atoms with Crippen LogP contribution in [0.25, 0.3) is 10.9 Å². The van der Waals surface area contributed by atoms with Crippen molar-refractivity contribution in [2.75, 3.05) is 44.4 Å². The molecular weight excluding hydrogens is 524 g/mol. The van der Waals surface area contributed by atoms with Crippen LogP contribution in [0.2, 0.25) is 0 Å². The fraction of sp³-hybridized carbons (Fsp3) is 0.423. The summed E-state index contributed by atoms with van der Waals surface area (Å²) in [5, 5.41) is 25.0. The number of nitriles is 1. The lowest BCUT2D eigenvalue weighted by Gasteiger charge is -2.34. The summed E-state index contributed by atoms with van der Waals surface area (Å²) in [6, 6.07) is 1.73. The Balaban J connectivity index is 1.51. The number of anilines is 1. The number of benzene rings is 1. The summed E-state index contributed by atoms with van der Waals surface area (Å²) in [4.78, 5) is 14.4. The zero-order chi connectivity index (χ0) is 26.8. The highest BCUT2D eigenvalue weighted by Gasteiger charge is 2.41. The molecular formula is C26H29FN7O2PS. The molecule has 198 valence electrons. The fourth-order valence-corrected chi connectivity index (χ4v) is 7.45. The number of allylic oxidation sites excluding steroid dienone is 1. The lowest BCUT2D eigenvalue weighted by atomic mass is 9.85. The first kappa shape index (κ1) is 25.5. The predicted molar refractivity (Wildman–Crippen MR) is 149 cm³/mol. The van der Waals surface area contributed by atoms with Gasteiger partial charge in [-0.05, 0) is 37.2 Å². The van der Waals surface area contributed by atoms with Gasteiger partial charge in [0.2, 0.25) is 5.95 Å². The smallest absolute Gasteiger partial charge is 0.225 e. The molecule has 1 saturated heterocycles. The van der Waals surface area contributed by atoms with Crippen LogP contribution in [-0.4, -0.2) is 65.1 Å². The van der Waals surface area contributed by atoms with Crippen LogP contribution in [0.5, 0.6) is 0 Å². The maximum Gasteiger partial charge on any atom is 0.225 e. The molecule has 3 unspecified atom stereocenters. The normalized spacial score (nSPS) is 25.0. The average Bonchev–Trinajstić information content (AvgIpc) is 3.58. The van der Waals surface area contributed by atoms with Gasteiger partial charge in [-0.15, -0.1) is 21.0 Å². The number of aliphatic hydroxyl groups is 1. The molecule has 9 nitrogen and oxygen atoms in total. The minimum absolute atomic E-state index is 0.0543. The van der Waals surface area contributed by atoms with Crippen molar-refractivity contribution in [2.24, 2.45) is 5.73 Å². The highest BCUT2D eigenvalue weighted by Crippen LogP contribution is 2.47. The van der Waals surface area contributed by atoms with Crippen molar-refractivity contribution >= 4 is 43.2 Å². The minimum atomic E-state index is -0.487. The van der Waals surface area contributed by atoms with Crippen LogP contribution in [0.4, 0.5) is 10.3 Å². The first-order chi connectivity index (χ1) is 18.3. The van der Waals surface area contributed by atoms with Crippen molar-refractivity contribution in [3.8, 4) is 6.07 Å². The van der Waals surface area contributed by atoms with Crippen molar-refractivity contribution in [1.82, 2.24) is 20.2 Å². The van der Waals surface area contributed by atoms with Gasteiger partial charge in [-0.3, -0.25) is 4.90 Å². The Morgan fingerprint density at radius 3 is 2.92 bits per heavy atom. The van der Waals surface area contributed by atoms with E-state index in [4.69, 9.17) is 20.4 Å². The van der Waals surface area contributed by atoms with Gasteiger partial charge in [-0.1, -0.05) is 0 Å². The highest BCUT2D eigenvalue weighted by molar-refractivity contribution is 8.03. The summed E-state index contributed by atoms with van der Waals surface area (Å²) < 4.78 is 20.8. The monoisotopic (exact) mass is 553 g/mol. The molecule has 0 amide bonds. The minimum Gasteiger partial charge on any atom is -0.400 e. The molecule has 2 aromatic rings. The quantitative estimate of drug-likeness (QED) is 0.484. The van der Waals surface area contributed by atoms with Gasteiger partial charge < -0.3 is 25.8 Å². The van der Waals surface area contributed by atoms with Crippen molar-refractivity contribution in [1.29, 1.82) is 5.26 Å². The van der Waals surface area contributed by atoms with E-state index in [0.717, 1.165) is 45.9 Å². The molecule has 6 rings (SSSR count). The molecule has 0 spiro atoms. The van der Waals surface area contributed by atoms with E-state index in [1.807, 2.05) is 20.3 Å². The molecule has 0 radical (unpaired) electrons. The Labute approximate surface area is 226 Å². The van der Waals surface area contributed by atoms with E-state index in [0.29, 0.717) is 53.2 Å². The van der Waals surface area contributed by atoms with E-state index < -0.39 is 11.9 Å². The summed E-state index contributed by atoms with van der Waals surface area (Å²) in [6.07, 6.45) is 4.03. The van der Waals surface area contributed by atoms with Crippen LogP contribution < -0.4 is 21.3 Å². The molecule has 1 fully saturated rings. The van der Waals surface area contributed by atoms with Crippen molar-refractivity contribution in [3.63, 3.8) is 0 Å². The van der Waals surface area contributed by atoms with Crippen LogP contribution in [0.15, 0.2) is 40.0 Å². The lowest BCUT2D eigenvalue weighted by Crippen LogP contribution is -2.49. The number of nitrogens with zero attached hydrogens (tertiary/aromatic N) is 5. The van der Waals surface area contributed by atoms with Gasteiger partial charge in [0.15, 0.2) is 5.83 Å². The summed E-state index contributed by atoms with van der Waals surface area (Å²) in [7, 11) is 6.79. The van der Waals surface area contributed by atoms with Gasteiger partial charge in [0, 0.05) is 53.2 Å². The Hall–Kier alpha value is -2.74. The molecule has 38 heavy (non-hydrogen) atoms. The standard InChI is InChI=1S/C26H29FN7O2PS/c1-33(2)26(12-35)3-4-34(11-26)25-31-6-14-15-8-36-9-16(15)19(23(37)21(14)32-25)22-20-13(5-28)18(29)10-38-24(20)17(27)7-30-22/h6-7,22,30,35H,3-4,8-12,29,37H2,1-2H3. The number of likely N-dealkylation sites (N-methyl/N-ethyl adjacent to an activating group) is 1. The Morgan fingerprint density at radius 1 is 1.42 bits per heavy atom. The second-order valence-corrected chi connectivity index (χ2v) is 11.9. The fourth-order valence-electron chi connectivity index (χ4n) is 5.87. The number of hydrogen-bond acceptors (Lipinski definition) is 10. The molecule has 12 heteroatoms. The number of halogens is 1. The lowest BCUT2D eigenvalue weighted by molar-refractivity contribution is 0.0866. The largest absolute Gasteiger partial charge is 0.400 e. The summed E-state index contributed by atoms with van der Waals surface area (Å²) >= 11 is 1.31. The second kappa shape index (κ2) is 9.47. The Kier molecular flexibility index (Phi) is 6.36. The van der Waals surface area contributed by atoms with Crippen molar-refractivity contribution in [2.45, 2.75) is 31.2 Å².